The lowest BCUT2D eigenvalue weighted by Gasteiger charge is -2.18. The summed E-state index contributed by atoms with van der Waals surface area (Å²) in [6, 6.07) is 0. The second-order valence-corrected chi connectivity index (χ2v) is 4.53. The van der Waals surface area contributed by atoms with Gasteiger partial charge in [-0.25, -0.2) is 0 Å². The van der Waals surface area contributed by atoms with Crippen LogP contribution in [0.5, 0.6) is 0 Å². The summed E-state index contributed by atoms with van der Waals surface area (Å²) in [5.41, 5.74) is 0. The first-order valence-corrected chi connectivity index (χ1v) is 5.54. The third-order valence-corrected chi connectivity index (χ3v) is 3.12. The Morgan fingerprint density at radius 3 is 2.40 bits per heavy atom. The number of aliphatic hydroxyl groups is 1. The van der Waals surface area contributed by atoms with Gasteiger partial charge in [0.25, 0.3) is 0 Å². The molecule has 5 unspecified atom stereocenters. The van der Waals surface area contributed by atoms with Crippen molar-refractivity contribution in [2.45, 2.75) is 46.0 Å². The van der Waals surface area contributed by atoms with Crippen LogP contribution in [0.1, 0.15) is 27.7 Å². The number of nitrogens with one attached hydrogen (secondary N) is 1. The van der Waals surface area contributed by atoms with Gasteiger partial charge < -0.3 is 15.2 Å². The Hall–Kier alpha value is -0.610. The molecule has 5 atom stereocenters. The Kier molecular flexibility index (Phi) is 4.11. The topological polar surface area (TPSA) is 58.6 Å². The van der Waals surface area contributed by atoms with Gasteiger partial charge in [-0.3, -0.25) is 4.79 Å². The van der Waals surface area contributed by atoms with Crippen molar-refractivity contribution in [2.24, 2.45) is 11.8 Å². The molecule has 1 heterocycles. The molecule has 0 aliphatic carbocycles. The fourth-order valence-electron chi connectivity index (χ4n) is 2.08. The molecule has 1 saturated heterocycles. The van der Waals surface area contributed by atoms with Gasteiger partial charge in [0.1, 0.15) is 0 Å². The normalized spacial score (nSPS) is 37.7. The molecule has 0 saturated carbocycles. The smallest absolute Gasteiger partial charge is 0.226 e. The van der Waals surface area contributed by atoms with Crippen LogP contribution in [0.3, 0.4) is 0 Å². The molecule has 4 heteroatoms. The zero-order valence-corrected chi connectivity index (χ0v) is 9.86. The van der Waals surface area contributed by atoms with Crippen molar-refractivity contribution in [3.63, 3.8) is 0 Å². The summed E-state index contributed by atoms with van der Waals surface area (Å²) < 4.78 is 5.59. The number of carbonyl (C=O) groups excluding carboxylic acids is 1. The van der Waals surface area contributed by atoms with Gasteiger partial charge in [-0.15, -0.1) is 0 Å². The van der Waals surface area contributed by atoms with Gasteiger partial charge in [0.05, 0.1) is 24.2 Å². The minimum atomic E-state index is -0.501. The van der Waals surface area contributed by atoms with Crippen LogP contribution in [0.4, 0.5) is 0 Å². The first kappa shape index (κ1) is 12.5. The maximum Gasteiger partial charge on any atom is 0.226 e. The molecule has 0 aromatic carbocycles. The Labute approximate surface area is 91.0 Å². The van der Waals surface area contributed by atoms with E-state index in [-0.39, 0.29) is 30.0 Å². The Morgan fingerprint density at radius 1 is 1.40 bits per heavy atom. The lowest BCUT2D eigenvalue weighted by molar-refractivity contribution is -0.127. The molecular weight excluding hydrogens is 194 g/mol. The fourth-order valence-corrected chi connectivity index (χ4v) is 2.08. The highest BCUT2D eigenvalue weighted by atomic mass is 16.5. The molecule has 0 spiro atoms. The third-order valence-electron chi connectivity index (χ3n) is 3.12. The van der Waals surface area contributed by atoms with Crippen molar-refractivity contribution in [2.75, 3.05) is 6.54 Å². The van der Waals surface area contributed by atoms with E-state index >= 15 is 0 Å². The molecule has 15 heavy (non-hydrogen) atoms. The highest BCUT2D eigenvalue weighted by molar-refractivity contribution is 5.79. The summed E-state index contributed by atoms with van der Waals surface area (Å²) in [5.74, 6) is 0.119. The summed E-state index contributed by atoms with van der Waals surface area (Å²) in [6.45, 7) is 7.90. The van der Waals surface area contributed by atoms with Crippen LogP contribution >= 0.6 is 0 Å². The van der Waals surface area contributed by atoms with Crippen LogP contribution in [0, 0.1) is 11.8 Å². The van der Waals surface area contributed by atoms with Crippen LogP contribution in [0.15, 0.2) is 0 Å². The monoisotopic (exact) mass is 215 g/mol. The molecule has 0 bridgehead atoms. The molecule has 1 aliphatic heterocycles. The summed E-state index contributed by atoms with van der Waals surface area (Å²) in [6.07, 6.45) is -0.411. The summed E-state index contributed by atoms with van der Waals surface area (Å²) >= 11 is 0. The second-order valence-electron chi connectivity index (χ2n) is 4.53. The average Bonchev–Trinajstić information content (AvgIpc) is 2.37. The molecule has 0 aromatic rings. The average molecular weight is 215 g/mol. The van der Waals surface area contributed by atoms with E-state index in [2.05, 4.69) is 5.32 Å². The van der Waals surface area contributed by atoms with Gasteiger partial charge in [-0.2, -0.15) is 0 Å². The fraction of sp³-hybridized carbons (Fsp3) is 0.909. The van der Waals surface area contributed by atoms with Gasteiger partial charge in [0, 0.05) is 6.54 Å². The van der Waals surface area contributed by atoms with Crippen molar-refractivity contribution in [3.05, 3.63) is 0 Å². The first-order chi connectivity index (χ1) is 6.93. The number of carbonyl (C=O) groups is 1. The summed E-state index contributed by atoms with van der Waals surface area (Å²) in [4.78, 5) is 11.8. The quantitative estimate of drug-likeness (QED) is 0.722. The predicted molar refractivity (Wildman–Crippen MR) is 57.4 cm³/mol. The van der Waals surface area contributed by atoms with E-state index in [1.54, 1.807) is 6.92 Å². The molecule has 0 radical (unpaired) electrons. The lowest BCUT2D eigenvalue weighted by Crippen LogP contribution is -2.40. The SMILES string of the molecule is CC(O)CNC(=O)C1C(C)OC(C)C1C. The zero-order valence-electron chi connectivity index (χ0n) is 9.86. The number of aliphatic hydroxyl groups excluding tert-OH is 1. The van der Waals surface area contributed by atoms with Gasteiger partial charge in [-0.05, 0) is 26.7 Å². The van der Waals surface area contributed by atoms with Crippen LogP contribution in [0.25, 0.3) is 0 Å². The molecule has 1 fully saturated rings. The van der Waals surface area contributed by atoms with Crippen LogP contribution in [-0.4, -0.2) is 35.9 Å². The van der Waals surface area contributed by atoms with Crippen LogP contribution in [0.2, 0.25) is 0 Å². The minimum Gasteiger partial charge on any atom is -0.392 e. The van der Waals surface area contributed by atoms with E-state index in [1.807, 2.05) is 20.8 Å². The highest BCUT2D eigenvalue weighted by Gasteiger charge is 2.41. The highest BCUT2D eigenvalue weighted by Crippen LogP contribution is 2.32. The number of hydrogen-bond acceptors (Lipinski definition) is 3. The molecule has 88 valence electrons. The number of hydrogen-bond donors (Lipinski definition) is 2. The summed E-state index contributed by atoms with van der Waals surface area (Å²) in [7, 11) is 0. The van der Waals surface area contributed by atoms with Gasteiger partial charge in [0.15, 0.2) is 0 Å². The van der Waals surface area contributed by atoms with E-state index in [0.717, 1.165) is 0 Å². The van der Waals surface area contributed by atoms with E-state index in [0.29, 0.717) is 6.54 Å². The molecule has 0 aromatic heterocycles. The van der Waals surface area contributed by atoms with Crippen molar-refractivity contribution in [1.29, 1.82) is 0 Å². The predicted octanol–water partition coefficient (Wildman–Crippen LogP) is 0.543. The standard InChI is InChI=1S/C11H21NO3/c1-6(13)5-12-11(14)10-7(2)8(3)15-9(10)4/h6-10,13H,5H2,1-4H3,(H,12,14). The van der Waals surface area contributed by atoms with E-state index in [9.17, 15) is 4.79 Å². The lowest BCUT2D eigenvalue weighted by atomic mass is 9.89. The van der Waals surface area contributed by atoms with Gasteiger partial charge >= 0.3 is 0 Å². The molecule has 1 rings (SSSR count). The minimum absolute atomic E-state index is 0.0137. The Morgan fingerprint density at radius 2 is 2.00 bits per heavy atom. The van der Waals surface area contributed by atoms with Crippen molar-refractivity contribution < 1.29 is 14.6 Å². The number of rotatable bonds is 3. The Balaban J connectivity index is 2.51. The van der Waals surface area contributed by atoms with Crippen molar-refractivity contribution >= 4 is 5.91 Å². The summed E-state index contributed by atoms with van der Waals surface area (Å²) in [5, 5.41) is 11.8. The first-order valence-electron chi connectivity index (χ1n) is 5.54. The molecule has 4 nitrogen and oxygen atoms in total. The van der Waals surface area contributed by atoms with Crippen molar-refractivity contribution in [3.8, 4) is 0 Å². The molecule has 2 N–H and O–H groups in total. The number of ether oxygens (including phenoxy) is 1. The maximum absolute atomic E-state index is 11.8. The molecule has 1 aliphatic rings. The maximum atomic E-state index is 11.8. The molecule has 1 amide bonds. The van der Waals surface area contributed by atoms with Gasteiger partial charge in [-0.1, -0.05) is 6.92 Å². The van der Waals surface area contributed by atoms with E-state index in [4.69, 9.17) is 9.84 Å². The largest absolute Gasteiger partial charge is 0.392 e. The number of amides is 1. The van der Waals surface area contributed by atoms with E-state index < -0.39 is 6.10 Å². The second kappa shape index (κ2) is 4.94. The molecular formula is C11H21NO3. The van der Waals surface area contributed by atoms with Crippen molar-refractivity contribution in [1.82, 2.24) is 5.32 Å². The third kappa shape index (κ3) is 2.92. The van der Waals surface area contributed by atoms with Gasteiger partial charge in [0.2, 0.25) is 5.91 Å². The van der Waals surface area contributed by atoms with Crippen LogP contribution in [-0.2, 0) is 9.53 Å². The zero-order chi connectivity index (χ0) is 11.6. The van der Waals surface area contributed by atoms with E-state index in [1.165, 1.54) is 0 Å². The Bertz CT molecular complexity index is 230. The van der Waals surface area contributed by atoms with Crippen LogP contribution < -0.4 is 5.32 Å².